The molecule has 0 spiro atoms. The lowest BCUT2D eigenvalue weighted by Gasteiger charge is -2.19. The van der Waals surface area contributed by atoms with E-state index in [1.165, 1.54) is 0 Å². The van der Waals surface area contributed by atoms with Crippen molar-refractivity contribution in [1.82, 2.24) is 9.55 Å². The number of aromatic nitrogens is 2. The topological polar surface area (TPSA) is 55.1 Å². The van der Waals surface area contributed by atoms with Crippen molar-refractivity contribution in [3.8, 4) is 0 Å². The Morgan fingerprint density at radius 1 is 1.37 bits per heavy atom. The smallest absolute Gasteiger partial charge is 0.272 e. The molecule has 1 aromatic carbocycles. The molecule has 0 radical (unpaired) electrons. The normalized spacial score (nSPS) is 14.5. The van der Waals surface area contributed by atoms with Crippen LogP contribution < -0.4 is 5.56 Å². The van der Waals surface area contributed by atoms with Crippen molar-refractivity contribution in [1.29, 1.82) is 0 Å². The summed E-state index contributed by atoms with van der Waals surface area (Å²) in [6.45, 7) is 6.05. The Balaban J connectivity index is 2.52. The predicted molar refractivity (Wildman–Crippen MR) is 76.2 cm³/mol. The van der Waals surface area contributed by atoms with Crippen LogP contribution in [0.15, 0.2) is 29.1 Å². The quantitative estimate of drug-likeness (QED) is 0.916. The predicted octanol–water partition coefficient (Wildman–Crippen LogP) is 2.11. The van der Waals surface area contributed by atoms with E-state index >= 15 is 0 Å². The molecule has 2 atom stereocenters. The van der Waals surface area contributed by atoms with Gasteiger partial charge in [0.15, 0.2) is 0 Å². The van der Waals surface area contributed by atoms with Gasteiger partial charge in [0.05, 0.1) is 23.7 Å². The number of hydrogen-bond donors (Lipinski definition) is 1. The van der Waals surface area contributed by atoms with Gasteiger partial charge in [0, 0.05) is 0 Å². The lowest BCUT2D eigenvalue weighted by Crippen LogP contribution is -2.32. The van der Waals surface area contributed by atoms with Crippen molar-refractivity contribution >= 4 is 11.0 Å². The summed E-state index contributed by atoms with van der Waals surface area (Å²) in [5.74, 6) is 0.166. The van der Waals surface area contributed by atoms with Crippen LogP contribution in [0, 0.1) is 12.8 Å². The molecule has 2 aromatic rings. The van der Waals surface area contributed by atoms with E-state index in [9.17, 15) is 9.90 Å². The second-order valence-corrected chi connectivity index (χ2v) is 5.05. The molecule has 102 valence electrons. The van der Waals surface area contributed by atoms with Gasteiger partial charge in [-0.05, 0) is 25.0 Å². The van der Waals surface area contributed by atoms with Crippen LogP contribution in [0.5, 0.6) is 0 Å². The highest BCUT2D eigenvalue weighted by Gasteiger charge is 2.16. The average Bonchev–Trinajstić information content (AvgIpc) is 2.42. The Morgan fingerprint density at radius 3 is 2.74 bits per heavy atom. The lowest BCUT2D eigenvalue weighted by atomic mass is 10.0. The van der Waals surface area contributed by atoms with Crippen molar-refractivity contribution in [3.05, 3.63) is 40.3 Å². The van der Waals surface area contributed by atoms with Crippen molar-refractivity contribution in [2.24, 2.45) is 5.92 Å². The molecular weight excluding hydrogens is 240 g/mol. The van der Waals surface area contributed by atoms with E-state index in [0.29, 0.717) is 12.2 Å². The summed E-state index contributed by atoms with van der Waals surface area (Å²) in [6.07, 6.45) is 0.366. The summed E-state index contributed by atoms with van der Waals surface area (Å²) in [7, 11) is 0. The standard InChI is InChI=1S/C15H20N2O2/c1-4-10(2)14(18)9-17-13-8-6-5-7-12(13)16-11(3)15(17)19/h5-8,10,14,18H,4,9H2,1-3H3. The summed E-state index contributed by atoms with van der Waals surface area (Å²) >= 11 is 0. The number of rotatable bonds is 4. The van der Waals surface area contributed by atoms with Crippen LogP contribution >= 0.6 is 0 Å². The zero-order chi connectivity index (χ0) is 14.0. The Labute approximate surface area is 112 Å². The molecule has 2 unspecified atom stereocenters. The largest absolute Gasteiger partial charge is 0.391 e. The maximum atomic E-state index is 12.2. The molecule has 1 aromatic heterocycles. The van der Waals surface area contributed by atoms with Gasteiger partial charge in [-0.15, -0.1) is 0 Å². The van der Waals surface area contributed by atoms with Crippen LogP contribution in [0.1, 0.15) is 26.0 Å². The first-order valence-electron chi connectivity index (χ1n) is 6.68. The number of aliphatic hydroxyl groups excluding tert-OH is 1. The first-order chi connectivity index (χ1) is 9.04. The first kappa shape index (κ1) is 13.7. The number of benzene rings is 1. The minimum absolute atomic E-state index is 0.124. The summed E-state index contributed by atoms with van der Waals surface area (Å²) < 4.78 is 1.63. The molecular formula is C15H20N2O2. The lowest BCUT2D eigenvalue weighted by molar-refractivity contribution is 0.0967. The molecule has 4 nitrogen and oxygen atoms in total. The van der Waals surface area contributed by atoms with Crippen LogP contribution in [-0.2, 0) is 6.54 Å². The monoisotopic (exact) mass is 260 g/mol. The Bertz CT molecular complexity index is 634. The Hall–Kier alpha value is -1.68. The summed E-state index contributed by atoms with van der Waals surface area (Å²) in [4.78, 5) is 16.5. The second kappa shape index (κ2) is 5.53. The van der Waals surface area contributed by atoms with Crippen molar-refractivity contribution in [3.63, 3.8) is 0 Å². The number of nitrogens with zero attached hydrogens (tertiary/aromatic N) is 2. The summed E-state index contributed by atoms with van der Waals surface area (Å²) in [6, 6.07) is 7.53. The van der Waals surface area contributed by atoms with E-state index in [1.807, 2.05) is 38.1 Å². The third-order valence-electron chi connectivity index (χ3n) is 3.69. The van der Waals surface area contributed by atoms with Crippen LogP contribution in [0.3, 0.4) is 0 Å². The zero-order valence-electron chi connectivity index (χ0n) is 11.6. The minimum Gasteiger partial charge on any atom is -0.391 e. The highest BCUT2D eigenvalue weighted by molar-refractivity contribution is 5.74. The maximum Gasteiger partial charge on any atom is 0.272 e. The molecule has 0 aliphatic heterocycles. The Kier molecular flexibility index (Phi) is 4.00. The van der Waals surface area contributed by atoms with Crippen LogP contribution in [0.4, 0.5) is 0 Å². The second-order valence-electron chi connectivity index (χ2n) is 5.05. The van der Waals surface area contributed by atoms with Crippen LogP contribution in [-0.4, -0.2) is 20.8 Å². The molecule has 4 heteroatoms. The molecule has 0 amide bonds. The van der Waals surface area contributed by atoms with Crippen LogP contribution in [0.25, 0.3) is 11.0 Å². The molecule has 1 N–H and O–H groups in total. The Morgan fingerprint density at radius 2 is 2.05 bits per heavy atom. The van der Waals surface area contributed by atoms with E-state index in [2.05, 4.69) is 4.98 Å². The van der Waals surface area contributed by atoms with Gasteiger partial charge in [0.25, 0.3) is 5.56 Å². The van der Waals surface area contributed by atoms with Crippen LogP contribution in [0.2, 0.25) is 0 Å². The van der Waals surface area contributed by atoms with Crippen molar-refractivity contribution in [2.75, 3.05) is 0 Å². The van der Waals surface area contributed by atoms with Gasteiger partial charge in [0.2, 0.25) is 0 Å². The van der Waals surface area contributed by atoms with E-state index in [1.54, 1.807) is 11.5 Å². The highest BCUT2D eigenvalue weighted by Crippen LogP contribution is 2.14. The third kappa shape index (κ3) is 2.68. The van der Waals surface area contributed by atoms with E-state index < -0.39 is 6.10 Å². The highest BCUT2D eigenvalue weighted by atomic mass is 16.3. The molecule has 0 saturated carbocycles. The van der Waals surface area contributed by atoms with Gasteiger partial charge in [-0.3, -0.25) is 4.79 Å². The fraction of sp³-hybridized carbons (Fsp3) is 0.467. The maximum absolute atomic E-state index is 12.2. The molecule has 0 fully saturated rings. The van der Waals surface area contributed by atoms with Gasteiger partial charge in [-0.25, -0.2) is 4.98 Å². The van der Waals surface area contributed by atoms with Crippen molar-refractivity contribution in [2.45, 2.75) is 39.8 Å². The number of hydrogen-bond acceptors (Lipinski definition) is 3. The van der Waals surface area contributed by atoms with Gasteiger partial charge in [-0.1, -0.05) is 32.4 Å². The molecule has 1 heterocycles. The van der Waals surface area contributed by atoms with E-state index in [-0.39, 0.29) is 11.5 Å². The SMILES string of the molecule is CCC(C)C(O)Cn1c(=O)c(C)nc2ccccc21. The van der Waals surface area contributed by atoms with E-state index in [4.69, 9.17) is 0 Å². The third-order valence-corrected chi connectivity index (χ3v) is 3.69. The van der Waals surface area contributed by atoms with Crippen molar-refractivity contribution < 1.29 is 5.11 Å². The molecule has 19 heavy (non-hydrogen) atoms. The fourth-order valence-corrected chi connectivity index (χ4v) is 2.14. The minimum atomic E-state index is -0.520. The number of aryl methyl sites for hydroxylation is 1. The number of para-hydroxylation sites is 2. The molecule has 0 aliphatic rings. The van der Waals surface area contributed by atoms with Gasteiger partial charge < -0.3 is 9.67 Å². The number of aliphatic hydroxyl groups is 1. The van der Waals surface area contributed by atoms with Gasteiger partial charge in [0.1, 0.15) is 5.69 Å². The van der Waals surface area contributed by atoms with E-state index in [0.717, 1.165) is 17.5 Å². The van der Waals surface area contributed by atoms with Gasteiger partial charge in [-0.2, -0.15) is 0 Å². The average molecular weight is 260 g/mol. The summed E-state index contributed by atoms with van der Waals surface area (Å²) in [5.41, 5.74) is 1.91. The molecule has 0 bridgehead atoms. The number of fused-ring (bicyclic) bond motifs is 1. The molecule has 0 aliphatic carbocycles. The zero-order valence-corrected chi connectivity index (χ0v) is 11.6. The molecule has 2 rings (SSSR count). The fourth-order valence-electron chi connectivity index (χ4n) is 2.14. The summed E-state index contributed by atoms with van der Waals surface area (Å²) in [5, 5.41) is 10.2. The van der Waals surface area contributed by atoms with Gasteiger partial charge >= 0.3 is 0 Å². The molecule has 0 saturated heterocycles. The first-order valence-corrected chi connectivity index (χ1v) is 6.68.